The number of amides is 1. The minimum absolute atomic E-state index is 0.0101. The van der Waals surface area contributed by atoms with Gasteiger partial charge in [-0.05, 0) is 37.1 Å². The van der Waals surface area contributed by atoms with E-state index in [1.54, 1.807) is 18.3 Å². The fraction of sp³-hybridized carbons (Fsp3) is 0.200. The van der Waals surface area contributed by atoms with Gasteiger partial charge in [0.1, 0.15) is 0 Å². The second-order valence-electron chi connectivity index (χ2n) is 5.40. The molecule has 3 aromatic rings. The predicted octanol–water partition coefficient (Wildman–Crippen LogP) is 1.56. The fourth-order valence-corrected chi connectivity index (χ4v) is 3.80. The van der Waals surface area contributed by atoms with Gasteiger partial charge in [0.2, 0.25) is 5.91 Å². The molecule has 126 valence electrons. The highest BCUT2D eigenvalue weighted by atomic mass is 32.2. The van der Waals surface area contributed by atoms with E-state index in [2.05, 4.69) is 15.2 Å². The number of carbonyl (C=O) groups is 1. The SMILES string of the molecule is Cc1ccc(S(=O)(=O)NNC(=O)Cc2cn3ccsc3n2)cc1C. The molecule has 3 rings (SSSR count). The van der Waals surface area contributed by atoms with Gasteiger partial charge in [-0.15, -0.1) is 16.2 Å². The molecule has 0 saturated carbocycles. The zero-order valence-corrected chi connectivity index (χ0v) is 14.7. The smallest absolute Gasteiger partial charge is 0.257 e. The normalized spacial score (nSPS) is 11.8. The average molecular weight is 364 g/mol. The Balaban J connectivity index is 1.64. The highest BCUT2D eigenvalue weighted by molar-refractivity contribution is 7.89. The van der Waals surface area contributed by atoms with Gasteiger partial charge in [-0.1, -0.05) is 6.07 Å². The zero-order chi connectivity index (χ0) is 17.3. The van der Waals surface area contributed by atoms with Crippen LogP contribution in [-0.2, 0) is 21.2 Å². The summed E-state index contributed by atoms with van der Waals surface area (Å²) >= 11 is 1.46. The summed E-state index contributed by atoms with van der Waals surface area (Å²) in [5.74, 6) is -0.479. The van der Waals surface area contributed by atoms with Crippen LogP contribution in [0.15, 0.2) is 40.9 Å². The summed E-state index contributed by atoms with van der Waals surface area (Å²) in [6, 6.07) is 4.79. The number of aromatic nitrogens is 2. The first kappa shape index (κ1) is 16.6. The molecule has 7 nitrogen and oxygen atoms in total. The minimum atomic E-state index is -3.81. The summed E-state index contributed by atoms with van der Waals surface area (Å²) in [5.41, 5.74) is 4.65. The highest BCUT2D eigenvalue weighted by Crippen LogP contribution is 2.14. The van der Waals surface area contributed by atoms with Crippen molar-refractivity contribution in [3.63, 3.8) is 0 Å². The second-order valence-corrected chi connectivity index (χ2v) is 7.96. The first-order valence-electron chi connectivity index (χ1n) is 7.14. The molecule has 2 aromatic heterocycles. The van der Waals surface area contributed by atoms with Crippen LogP contribution in [-0.4, -0.2) is 23.7 Å². The number of hydrogen-bond acceptors (Lipinski definition) is 5. The molecular formula is C15H16N4O3S2. The Morgan fingerprint density at radius 1 is 1.29 bits per heavy atom. The van der Waals surface area contributed by atoms with Crippen molar-refractivity contribution in [1.82, 2.24) is 19.6 Å². The van der Waals surface area contributed by atoms with Gasteiger partial charge in [0.25, 0.3) is 10.0 Å². The topological polar surface area (TPSA) is 92.6 Å². The van der Waals surface area contributed by atoms with Crippen LogP contribution >= 0.6 is 11.3 Å². The number of aryl methyl sites for hydroxylation is 2. The lowest BCUT2D eigenvalue weighted by Gasteiger charge is -2.09. The van der Waals surface area contributed by atoms with Crippen molar-refractivity contribution in [3.8, 4) is 0 Å². The molecule has 0 aliphatic heterocycles. The molecule has 0 aliphatic carbocycles. The zero-order valence-electron chi connectivity index (χ0n) is 13.1. The predicted molar refractivity (Wildman–Crippen MR) is 91.2 cm³/mol. The van der Waals surface area contributed by atoms with Gasteiger partial charge in [0.15, 0.2) is 4.96 Å². The monoisotopic (exact) mass is 364 g/mol. The van der Waals surface area contributed by atoms with Crippen molar-refractivity contribution in [2.75, 3.05) is 0 Å². The van der Waals surface area contributed by atoms with Crippen molar-refractivity contribution < 1.29 is 13.2 Å². The minimum Gasteiger partial charge on any atom is -0.297 e. The fourth-order valence-electron chi connectivity index (χ4n) is 2.13. The maximum atomic E-state index is 12.2. The lowest BCUT2D eigenvalue weighted by molar-refractivity contribution is -0.120. The molecule has 2 heterocycles. The molecule has 0 bridgehead atoms. The third-order valence-corrected chi connectivity index (χ3v) is 5.61. The van der Waals surface area contributed by atoms with Crippen molar-refractivity contribution >= 4 is 32.2 Å². The van der Waals surface area contributed by atoms with Crippen molar-refractivity contribution in [2.45, 2.75) is 25.2 Å². The van der Waals surface area contributed by atoms with Crippen LogP contribution in [0.5, 0.6) is 0 Å². The van der Waals surface area contributed by atoms with Crippen LogP contribution in [0.3, 0.4) is 0 Å². The third kappa shape index (κ3) is 3.48. The summed E-state index contributed by atoms with van der Waals surface area (Å²) < 4.78 is 26.2. The number of imidazole rings is 1. The number of sulfonamides is 1. The van der Waals surface area contributed by atoms with Crippen LogP contribution in [0.2, 0.25) is 0 Å². The molecule has 1 amide bonds. The number of carbonyl (C=O) groups excluding carboxylic acids is 1. The molecule has 0 saturated heterocycles. The Hall–Kier alpha value is -2.23. The van der Waals surface area contributed by atoms with Crippen molar-refractivity contribution in [3.05, 3.63) is 52.8 Å². The molecule has 2 N–H and O–H groups in total. The van der Waals surface area contributed by atoms with Gasteiger partial charge < -0.3 is 0 Å². The molecule has 0 unspecified atom stereocenters. The summed E-state index contributed by atoms with van der Waals surface area (Å²) in [5, 5.41) is 1.89. The Morgan fingerprint density at radius 2 is 2.08 bits per heavy atom. The first-order chi connectivity index (χ1) is 11.3. The number of hydrogen-bond donors (Lipinski definition) is 2. The number of rotatable bonds is 5. The summed E-state index contributed by atoms with van der Waals surface area (Å²) in [6.45, 7) is 3.73. The molecule has 0 aliphatic rings. The van der Waals surface area contributed by atoms with E-state index < -0.39 is 15.9 Å². The molecular weight excluding hydrogens is 348 g/mol. The number of fused-ring (bicyclic) bond motifs is 1. The number of benzene rings is 1. The van der Waals surface area contributed by atoms with E-state index in [-0.39, 0.29) is 11.3 Å². The lowest BCUT2D eigenvalue weighted by Crippen LogP contribution is -2.42. The van der Waals surface area contributed by atoms with Gasteiger partial charge in [0.05, 0.1) is 17.0 Å². The van der Waals surface area contributed by atoms with Crippen LogP contribution in [0, 0.1) is 13.8 Å². The third-order valence-electron chi connectivity index (χ3n) is 3.60. The molecule has 24 heavy (non-hydrogen) atoms. The standard InChI is InChI=1S/C15H16N4O3S2/c1-10-3-4-13(7-11(10)2)24(21,22)18-17-14(20)8-12-9-19-5-6-23-15(19)16-12/h3-7,9,18H,8H2,1-2H3,(H,17,20). The van der Waals surface area contributed by atoms with Crippen LogP contribution in [0.25, 0.3) is 4.96 Å². The van der Waals surface area contributed by atoms with E-state index >= 15 is 0 Å². The van der Waals surface area contributed by atoms with E-state index in [0.29, 0.717) is 5.69 Å². The highest BCUT2D eigenvalue weighted by Gasteiger charge is 2.16. The second kappa shape index (κ2) is 6.34. The summed E-state index contributed by atoms with van der Waals surface area (Å²) in [4.78, 5) is 19.2. The van der Waals surface area contributed by atoms with Crippen molar-refractivity contribution in [1.29, 1.82) is 0 Å². The largest absolute Gasteiger partial charge is 0.297 e. The van der Waals surface area contributed by atoms with Gasteiger partial charge in [-0.25, -0.2) is 13.4 Å². The van der Waals surface area contributed by atoms with E-state index in [1.807, 2.05) is 29.8 Å². The molecule has 0 atom stereocenters. The van der Waals surface area contributed by atoms with Crippen molar-refractivity contribution in [2.24, 2.45) is 0 Å². The van der Waals surface area contributed by atoms with Gasteiger partial charge >= 0.3 is 0 Å². The first-order valence-corrected chi connectivity index (χ1v) is 9.50. The molecule has 0 spiro atoms. The Labute approximate surface area is 143 Å². The maximum Gasteiger partial charge on any atom is 0.257 e. The summed E-state index contributed by atoms with van der Waals surface area (Å²) in [6.07, 6.45) is 3.57. The van der Waals surface area contributed by atoms with Crippen LogP contribution < -0.4 is 10.3 Å². The number of thiazole rings is 1. The molecule has 1 aromatic carbocycles. The van der Waals surface area contributed by atoms with E-state index in [0.717, 1.165) is 16.1 Å². The Bertz CT molecular complexity index is 976. The van der Waals surface area contributed by atoms with E-state index in [9.17, 15) is 13.2 Å². The van der Waals surface area contributed by atoms with E-state index in [4.69, 9.17) is 0 Å². The average Bonchev–Trinajstić information content (AvgIpc) is 3.09. The maximum absolute atomic E-state index is 12.2. The lowest BCUT2D eigenvalue weighted by atomic mass is 10.1. The molecule has 0 radical (unpaired) electrons. The Kier molecular flexibility index (Phi) is 4.39. The number of nitrogens with one attached hydrogen (secondary N) is 2. The van der Waals surface area contributed by atoms with Gasteiger partial charge in [-0.2, -0.15) is 0 Å². The Morgan fingerprint density at radius 3 is 2.79 bits per heavy atom. The van der Waals surface area contributed by atoms with Gasteiger partial charge in [0, 0.05) is 17.8 Å². The molecule has 0 fully saturated rings. The van der Waals surface area contributed by atoms with E-state index in [1.165, 1.54) is 17.4 Å². The quantitative estimate of drug-likeness (QED) is 0.672. The number of hydrazine groups is 1. The summed E-state index contributed by atoms with van der Waals surface area (Å²) in [7, 11) is -3.81. The van der Waals surface area contributed by atoms with Crippen LogP contribution in [0.1, 0.15) is 16.8 Å². The number of nitrogens with zero attached hydrogens (tertiary/aromatic N) is 2. The van der Waals surface area contributed by atoms with Gasteiger partial charge in [-0.3, -0.25) is 14.6 Å². The van der Waals surface area contributed by atoms with Crippen LogP contribution in [0.4, 0.5) is 0 Å². The molecule has 9 heteroatoms.